The second kappa shape index (κ2) is 6.02. The summed E-state index contributed by atoms with van der Waals surface area (Å²) in [5.74, 6) is -0.00609. The van der Waals surface area contributed by atoms with Crippen LogP contribution in [0, 0.1) is 6.92 Å². The van der Waals surface area contributed by atoms with E-state index in [1.807, 2.05) is 49.0 Å². The third-order valence-electron chi connectivity index (χ3n) is 2.97. The lowest BCUT2D eigenvalue weighted by Crippen LogP contribution is -2.17. The Balaban J connectivity index is 1.98. The standard InChI is InChI=1S/C14H16BrN3O/c1-10-7-13(15)16-9-12(10)17-14(19)8-11(2)18-5-3-4-6-18/h3-7,9,11H,8H2,1-2H3,(H,17,19)/t11-/m1/s1. The van der Waals surface area contributed by atoms with Gasteiger partial charge >= 0.3 is 0 Å². The maximum absolute atomic E-state index is 12.0. The molecule has 1 N–H and O–H groups in total. The molecule has 0 spiro atoms. The zero-order chi connectivity index (χ0) is 13.8. The molecule has 100 valence electrons. The minimum absolute atomic E-state index is 0.00609. The monoisotopic (exact) mass is 321 g/mol. The van der Waals surface area contributed by atoms with E-state index in [4.69, 9.17) is 0 Å². The Morgan fingerprint density at radius 1 is 1.47 bits per heavy atom. The van der Waals surface area contributed by atoms with Gasteiger partial charge in [0.05, 0.1) is 11.9 Å². The van der Waals surface area contributed by atoms with E-state index in [0.717, 1.165) is 15.9 Å². The number of pyridine rings is 1. The molecule has 0 fully saturated rings. The van der Waals surface area contributed by atoms with Crippen LogP contribution in [-0.4, -0.2) is 15.5 Å². The summed E-state index contributed by atoms with van der Waals surface area (Å²) in [5.41, 5.74) is 1.75. The van der Waals surface area contributed by atoms with Crippen molar-refractivity contribution >= 4 is 27.5 Å². The topological polar surface area (TPSA) is 46.9 Å². The molecule has 0 aliphatic carbocycles. The Hall–Kier alpha value is -1.62. The molecule has 2 rings (SSSR count). The number of hydrogen-bond acceptors (Lipinski definition) is 2. The van der Waals surface area contributed by atoms with Crippen molar-refractivity contribution in [3.05, 3.63) is 47.0 Å². The number of aromatic nitrogens is 2. The van der Waals surface area contributed by atoms with Crippen molar-refractivity contribution in [1.29, 1.82) is 0 Å². The molecule has 0 aliphatic heterocycles. The van der Waals surface area contributed by atoms with E-state index in [2.05, 4.69) is 26.2 Å². The lowest BCUT2D eigenvalue weighted by molar-refractivity contribution is -0.116. The number of aryl methyl sites for hydroxylation is 1. The van der Waals surface area contributed by atoms with Gasteiger partial charge in [-0.2, -0.15) is 0 Å². The molecule has 0 saturated carbocycles. The number of halogens is 1. The first kappa shape index (κ1) is 13.8. The summed E-state index contributed by atoms with van der Waals surface area (Å²) in [5, 5.41) is 2.89. The van der Waals surface area contributed by atoms with E-state index in [-0.39, 0.29) is 11.9 Å². The SMILES string of the molecule is Cc1cc(Br)ncc1NC(=O)C[C@@H](C)n1cccc1. The summed E-state index contributed by atoms with van der Waals surface area (Å²) in [6.07, 6.45) is 6.02. The summed E-state index contributed by atoms with van der Waals surface area (Å²) >= 11 is 3.30. The van der Waals surface area contributed by atoms with E-state index in [1.165, 1.54) is 0 Å². The Labute approximate surface area is 121 Å². The van der Waals surface area contributed by atoms with Gasteiger partial charge in [0, 0.05) is 24.9 Å². The van der Waals surface area contributed by atoms with Gasteiger partial charge in [-0.3, -0.25) is 4.79 Å². The number of carbonyl (C=O) groups excluding carboxylic acids is 1. The van der Waals surface area contributed by atoms with Gasteiger partial charge in [-0.1, -0.05) is 0 Å². The summed E-state index contributed by atoms with van der Waals surface area (Å²) in [6, 6.07) is 5.93. The predicted molar refractivity (Wildman–Crippen MR) is 79.1 cm³/mol. The van der Waals surface area contributed by atoms with Gasteiger partial charge in [-0.25, -0.2) is 4.98 Å². The lowest BCUT2D eigenvalue weighted by atomic mass is 10.2. The van der Waals surface area contributed by atoms with Gasteiger partial charge in [0.25, 0.3) is 0 Å². The van der Waals surface area contributed by atoms with Crippen LogP contribution >= 0.6 is 15.9 Å². The number of amides is 1. The normalized spacial score (nSPS) is 12.2. The molecule has 2 aromatic rings. The Morgan fingerprint density at radius 3 is 2.79 bits per heavy atom. The zero-order valence-corrected chi connectivity index (χ0v) is 12.5. The van der Waals surface area contributed by atoms with Crippen LogP contribution in [-0.2, 0) is 4.79 Å². The largest absolute Gasteiger partial charge is 0.351 e. The highest BCUT2D eigenvalue weighted by molar-refractivity contribution is 9.10. The van der Waals surface area contributed by atoms with Crippen LogP contribution in [0.2, 0.25) is 0 Å². The molecule has 1 amide bonds. The highest BCUT2D eigenvalue weighted by Gasteiger charge is 2.11. The molecule has 0 saturated heterocycles. The first-order valence-electron chi connectivity index (χ1n) is 6.10. The smallest absolute Gasteiger partial charge is 0.226 e. The quantitative estimate of drug-likeness (QED) is 0.875. The molecule has 2 heterocycles. The molecule has 0 aromatic carbocycles. The van der Waals surface area contributed by atoms with Gasteiger partial charge in [0.15, 0.2) is 0 Å². The minimum Gasteiger partial charge on any atom is -0.351 e. The van der Waals surface area contributed by atoms with Crippen LogP contribution in [0.25, 0.3) is 0 Å². The third-order valence-corrected chi connectivity index (χ3v) is 3.40. The highest BCUT2D eigenvalue weighted by atomic mass is 79.9. The van der Waals surface area contributed by atoms with E-state index >= 15 is 0 Å². The molecule has 5 heteroatoms. The van der Waals surface area contributed by atoms with Crippen molar-refractivity contribution < 1.29 is 4.79 Å². The van der Waals surface area contributed by atoms with E-state index in [0.29, 0.717) is 6.42 Å². The number of anilines is 1. The van der Waals surface area contributed by atoms with Gasteiger partial charge in [-0.05, 0) is 53.5 Å². The maximum Gasteiger partial charge on any atom is 0.226 e. The summed E-state index contributed by atoms with van der Waals surface area (Å²) in [4.78, 5) is 16.1. The van der Waals surface area contributed by atoms with E-state index < -0.39 is 0 Å². The fraction of sp³-hybridized carbons (Fsp3) is 0.286. The lowest BCUT2D eigenvalue weighted by Gasteiger charge is -2.14. The van der Waals surface area contributed by atoms with Gasteiger partial charge in [-0.15, -0.1) is 0 Å². The fourth-order valence-electron chi connectivity index (χ4n) is 1.87. The third kappa shape index (κ3) is 3.67. The van der Waals surface area contributed by atoms with Crippen LogP contribution in [0.15, 0.2) is 41.4 Å². The van der Waals surface area contributed by atoms with Crippen molar-refractivity contribution in [2.24, 2.45) is 0 Å². The van der Waals surface area contributed by atoms with Gasteiger partial charge in [0.2, 0.25) is 5.91 Å². The Bertz CT molecular complexity index is 566. The van der Waals surface area contributed by atoms with Crippen molar-refractivity contribution in [2.75, 3.05) is 5.32 Å². The van der Waals surface area contributed by atoms with Crippen LogP contribution in [0.5, 0.6) is 0 Å². The number of hydrogen-bond donors (Lipinski definition) is 1. The van der Waals surface area contributed by atoms with Crippen molar-refractivity contribution in [3.63, 3.8) is 0 Å². The van der Waals surface area contributed by atoms with Crippen LogP contribution in [0.3, 0.4) is 0 Å². The first-order valence-corrected chi connectivity index (χ1v) is 6.90. The maximum atomic E-state index is 12.0. The molecule has 19 heavy (non-hydrogen) atoms. The Kier molecular flexibility index (Phi) is 4.37. The first-order chi connectivity index (χ1) is 9.06. The summed E-state index contributed by atoms with van der Waals surface area (Å²) in [6.45, 7) is 3.96. The van der Waals surface area contributed by atoms with Crippen LogP contribution in [0.4, 0.5) is 5.69 Å². The summed E-state index contributed by atoms with van der Waals surface area (Å²) in [7, 11) is 0. The molecular weight excluding hydrogens is 306 g/mol. The molecule has 0 aliphatic rings. The van der Waals surface area contributed by atoms with E-state index in [1.54, 1.807) is 6.20 Å². The minimum atomic E-state index is -0.00609. The molecular formula is C14H16BrN3O. The van der Waals surface area contributed by atoms with Crippen LogP contribution in [0.1, 0.15) is 24.9 Å². The summed E-state index contributed by atoms with van der Waals surface area (Å²) < 4.78 is 2.79. The van der Waals surface area contributed by atoms with E-state index in [9.17, 15) is 4.79 Å². The number of nitrogens with zero attached hydrogens (tertiary/aromatic N) is 2. The van der Waals surface area contributed by atoms with Crippen molar-refractivity contribution in [3.8, 4) is 0 Å². The predicted octanol–water partition coefficient (Wildman–Crippen LogP) is 3.54. The Morgan fingerprint density at radius 2 is 2.16 bits per heavy atom. The molecule has 0 bridgehead atoms. The average molecular weight is 322 g/mol. The number of carbonyl (C=O) groups is 1. The number of nitrogens with one attached hydrogen (secondary N) is 1. The van der Waals surface area contributed by atoms with Crippen molar-refractivity contribution in [2.45, 2.75) is 26.3 Å². The van der Waals surface area contributed by atoms with Gasteiger partial charge in [0.1, 0.15) is 4.60 Å². The molecule has 2 aromatic heterocycles. The van der Waals surface area contributed by atoms with Gasteiger partial charge < -0.3 is 9.88 Å². The zero-order valence-electron chi connectivity index (χ0n) is 10.9. The van der Waals surface area contributed by atoms with Crippen molar-refractivity contribution in [1.82, 2.24) is 9.55 Å². The van der Waals surface area contributed by atoms with Crippen LogP contribution < -0.4 is 5.32 Å². The molecule has 4 nitrogen and oxygen atoms in total. The molecule has 0 unspecified atom stereocenters. The second-order valence-corrected chi connectivity index (χ2v) is 5.37. The molecule has 0 radical (unpaired) electrons. The molecule has 1 atom stereocenters. The highest BCUT2D eigenvalue weighted by Crippen LogP contribution is 2.18. The second-order valence-electron chi connectivity index (χ2n) is 4.55. The fourth-order valence-corrected chi connectivity index (χ4v) is 2.31. The average Bonchev–Trinajstić information content (AvgIpc) is 2.86. The number of rotatable bonds is 4.